The SMILES string of the molecule is Cc1ccc(Cn2c(=O)c(C(=O)Nc3n[nH]c(=S)s3)cc3cccnc32)cc1. The minimum Gasteiger partial charge on any atom is -0.296 e. The number of aromatic amines is 1. The van der Waals surface area contributed by atoms with Crippen LogP contribution < -0.4 is 10.9 Å². The average Bonchev–Trinajstić information content (AvgIpc) is 3.10. The van der Waals surface area contributed by atoms with Gasteiger partial charge in [0.25, 0.3) is 11.5 Å². The molecule has 1 aromatic carbocycles. The number of aromatic nitrogens is 4. The lowest BCUT2D eigenvalue weighted by molar-refractivity contribution is 0.102. The predicted octanol–water partition coefficient (Wildman–Crippen LogP) is 3.52. The number of carbonyl (C=O) groups excluding carboxylic acids is 1. The molecule has 3 heterocycles. The molecule has 9 heteroatoms. The van der Waals surface area contributed by atoms with E-state index in [0.29, 0.717) is 26.7 Å². The number of amides is 1. The van der Waals surface area contributed by atoms with Crippen LogP contribution in [0, 0.1) is 10.9 Å². The van der Waals surface area contributed by atoms with Gasteiger partial charge in [0.05, 0.1) is 6.54 Å². The number of nitrogens with zero attached hydrogens (tertiary/aromatic N) is 3. The number of H-pyrrole nitrogens is 1. The van der Waals surface area contributed by atoms with E-state index >= 15 is 0 Å². The molecular weight excluding hydrogens is 394 g/mol. The van der Waals surface area contributed by atoms with Crippen molar-refractivity contribution in [2.45, 2.75) is 13.5 Å². The quantitative estimate of drug-likeness (QED) is 0.503. The molecule has 0 aliphatic carbocycles. The van der Waals surface area contributed by atoms with Crippen molar-refractivity contribution in [1.29, 1.82) is 0 Å². The smallest absolute Gasteiger partial charge is 0.265 e. The number of anilines is 1. The van der Waals surface area contributed by atoms with E-state index in [1.54, 1.807) is 18.3 Å². The molecule has 0 bridgehead atoms. The fraction of sp³-hybridized carbons (Fsp3) is 0.105. The number of pyridine rings is 2. The molecule has 0 unspecified atom stereocenters. The van der Waals surface area contributed by atoms with Crippen molar-refractivity contribution in [1.82, 2.24) is 19.7 Å². The maximum atomic E-state index is 13.1. The Morgan fingerprint density at radius 3 is 2.79 bits per heavy atom. The van der Waals surface area contributed by atoms with Gasteiger partial charge in [-0.15, -0.1) is 5.10 Å². The standard InChI is InChI=1S/C19H15N5O2S2/c1-11-4-6-12(7-5-11)10-24-15-13(3-2-8-20-15)9-14(17(24)26)16(25)21-18-22-23-19(27)28-18/h2-9H,10H2,1H3,(H,23,27)(H,21,22,25). The Morgan fingerprint density at radius 2 is 2.07 bits per heavy atom. The van der Waals surface area contributed by atoms with Crippen LogP contribution in [0.15, 0.2) is 53.5 Å². The lowest BCUT2D eigenvalue weighted by atomic mass is 10.1. The van der Waals surface area contributed by atoms with Crippen molar-refractivity contribution in [3.63, 3.8) is 0 Å². The summed E-state index contributed by atoms with van der Waals surface area (Å²) in [6.45, 7) is 2.32. The fourth-order valence-corrected chi connectivity index (χ4v) is 3.62. The van der Waals surface area contributed by atoms with Gasteiger partial charge in [-0.25, -0.2) is 4.98 Å². The van der Waals surface area contributed by atoms with E-state index in [1.807, 2.05) is 37.3 Å². The molecule has 0 aliphatic heterocycles. The first kappa shape index (κ1) is 18.2. The second kappa shape index (κ2) is 7.45. The van der Waals surface area contributed by atoms with Crippen molar-refractivity contribution in [3.8, 4) is 0 Å². The van der Waals surface area contributed by atoms with Gasteiger partial charge in [0.15, 0.2) is 3.95 Å². The molecule has 140 valence electrons. The predicted molar refractivity (Wildman–Crippen MR) is 112 cm³/mol. The molecule has 0 saturated heterocycles. The second-order valence-electron chi connectivity index (χ2n) is 6.22. The topological polar surface area (TPSA) is 92.7 Å². The van der Waals surface area contributed by atoms with E-state index in [0.717, 1.165) is 22.5 Å². The Balaban J connectivity index is 1.80. The summed E-state index contributed by atoms with van der Waals surface area (Å²) in [4.78, 5) is 30.2. The number of fused-ring (bicyclic) bond motifs is 1. The van der Waals surface area contributed by atoms with E-state index in [9.17, 15) is 9.59 Å². The first-order valence-corrected chi connectivity index (χ1v) is 9.65. The number of benzene rings is 1. The molecule has 0 radical (unpaired) electrons. The van der Waals surface area contributed by atoms with Crippen LogP contribution in [-0.2, 0) is 6.54 Å². The van der Waals surface area contributed by atoms with Crippen LogP contribution in [0.25, 0.3) is 11.0 Å². The van der Waals surface area contributed by atoms with Crippen molar-refractivity contribution in [3.05, 3.63) is 79.7 Å². The molecule has 0 aliphatic rings. The van der Waals surface area contributed by atoms with Gasteiger partial charge in [-0.3, -0.25) is 24.6 Å². The van der Waals surface area contributed by atoms with Crippen LogP contribution in [0.4, 0.5) is 5.13 Å². The van der Waals surface area contributed by atoms with E-state index in [2.05, 4.69) is 20.5 Å². The zero-order chi connectivity index (χ0) is 19.7. The molecule has 4 aromatic rings. The van der Waals surface area contributed by atoms with Gasteiger partial charge >= 0.3 is 0 Å². The van der Waals surface area contributed by atoms with Crippen molar-refractivity contribution in [2.75, 3.05) is 5.32 Å². The molecule has 0 fully saturated rings. The molecule has 0 atom stereocenters. The summed E-state index contributed by atoms with van der Waals surface area (Å²) in [5.74, 6) is -0.536. The normalized spacial score (nSPS) is 10.9. The zero-order valence-electron chi connectivity index (χ0n) is 14.8. The molecule has 0 saturated carbocycles. The summed E-state index contributed by atoms with van der Waals surface area (Å²) in [7, 11) is 0. The highest BCUT2D eigenvalue weighted by Crippen LogP contribution is 2.16. The lowest BCUT2D eigenvalue weighted by Gasteiger charge is -2.12. The number of carbonyl (C=O) groups is 1. The largest absolute Gasteiger partial charge is 0.296 e. The van der Waals surface area contributed by atoms with Crippen molar-refractivity contribution >= 4 is 45.6 Å². The number of hydrogen-bond acceptors (Lipinski definition) is 6. The summed E-state index contributed by atoms with van der Waals surface area (Å²) in [6.07, 6.45) is 1.63. The summed E-state index contributed by atoms with van der Waals surface area (Å²) < 4.78 is 1.95. The number of rotatable bonds is 4. The first-order chi connectivity index (χ1) is 13.5. The van der Waals surface area contributed by atoms with E-state index in [-0.39, 0.29) is 5.56 Å². The van der Waals surface area contributed by atoms with Crippen molar-refractivity contribution in [2.24, 2.45) is 0 Å². The van der Waals surface area contributed by atoms with Gasteiger partial charge in [0, 0.05) is 11.6 Å². The molecule has 7 nitrogen and oxygen atoms in total. The van der Waals surface area contributed by atoms with E-state index < -0.39 is 11.5 Å². The second-order valence-corrected chi connectivity index (χ2v) is 7.89. The summed E-state index contributed by atoms with van der Waals surface area (Å²) in [5.41, 5.74) is 2.22. The third-order valence-electron chi connectivity index (χ3n) is 4.21. The highest BCUT2D eigenvalue weighted by molar-refractivity contribution is 7.73. The summed E-state index contributed by atoms with van der Waals surface area (Å²) in [5, 5.41) is 10.1. The number of nitrogens with one attached hydrogen (secondary N) is 2. The zero-order valence-corrected chi connectivity index (χ0v) is 16.4. The summed E-state index contributed by atoms with van der Waals surface area (Å²) in [6, 6.07) is 13.0. The van der Waals surface area contributed by atoms with Crippen LogP contribution in [0.1, 0.15) is 21.5 Å². The Hall–Kier alpha value is -3.17. The number of aryl methyl sites for hydroxylation is 1. The van der Waals surface area contributed by atoms with Crippen LogP contribution in [0.5, 0.6) is 0 Å². The average molecular weight is 409 g/mol. The Labute approximate surface area is 168 Å². The molecule has 3 aromatic heterocycles. The van der Waals surface area contributed by atoms with Crippen LogP contribution in [0.2, 0.25) is 0 Å². The lowest BCUT2D eigenvalue weighted by Crippen LogP contribution is -2.30. The van der Waals surface area contributed by atoms with E-state index in [1.165, 1.54) is 4.57 Å². The summed E-state index contributed by atoms with van der Waals surface area (Å²) >= 11 is 6.09. The van der Waals surface area contributed by atoms with Crippen LogP contribution in [0.3, 0.4) is 0 Å². The first-order valence-electron chi connectivity index (χ1n) is 8.42. The fourth-order valence-electron chi connectivity index (χ4n) is 2.84. The molecule has 2 N–H and O–H groups in total. The van der Waals surface area contributed by atoms with E-state index in [4.69, 9.17) is 12.2 Å². The Bertz CT molecular complexity index is 1290. The van der Waals surface area contributed by atoms with Gasteiger partial charge in [0.1, 0.15) is 11.2 Å². The maximum absolute atomic E-state index is 13.1. The molecule has 28 heavy (non-hydrogen) atoms. The third-order valence-corrected chi connectivity index (χ3v) is 5.22. The monoisotopic (exact) mass is 409 g/mol. The molecular formula is C19H15N5O2S2. The van der Waals surface area contributed by atoms with Crippen molar-refractivity contribution < 1.29 is 4.79 Å². The maximum Gasteiger partial charge on any atom is 0.265 e. The van der Waals surface area contributed by atoms with Crippen LogP contribution >= 0.6 is 23.6 Å². The Morgan fingerprint density at radius 1 is 1.29 bits per heavy atom. The van der Waals surface area contributed by atoms with Gasteiger partial charge in [-0.05, 0) is 42.9 Å². The third kappa shape index (κ3) is 3.62. The van der Waals surface area contributed by atoms with Crippen LogP contribution in [-0.4, -0.2) is 25.7 Å². The minimum atomic E-state index is -0.536. The number of hydrogen-bond donors (Lipinski definition) is 2. The molecule has 1 amide bonds. The van der Waals surface area contributed by atoms with Gasteiger partial charge in [-0.2, -0.15) is 0 Å². The van der Waals surface area contributed by atoms with Gasteiger partial charge in [-0.1, -0.05) is 41.2 Å². The van der Waals surface area contributed by atoms with Gasteiger partial charge < -0.3 is 0 Å². The Kier molecular flexibility index (Phi) is 4.84. The van der Waals surface area contributed by atoms with Gasteiger partial charge in [0.2, 0.25) is 5.13 Å². The minimum absolute atomic E-state index is 0.0220. The molecule has 0 spiro atoms. The highest BCUT2D eigenvalue weighted by Gasteiger charge is 2.17. The highest BCUT2D eigenvalue weighted by atomic mass is 32.1. The molecule has 4 rings (SSSR count).